The molecule has 0 saturated heterocycles. The van der Waals surface area contributed by atoms with Crippen molar-refractivity contribution < 1.29 is 27.1 Å². The maximum absolute atomic E-state index is 13.9. The highest BCUT2D eigenvalue weighted by Gasteiger charge is 2.39. The van der Waals surface area contributed by atoms with Crippen LogP contribution < -0.4 is 11.5 Å². The van der Waals surface area contributed by atoms with Crippen molar-refractivity contribution in [2.75, 3.05) is 5.73 Å². The van der Waals surface area contributed by atoms with Crippen molar-refractivity contribution in [3.63, 3.8) is 0 Å². The first-order valence-electron chi connectivity index (χ1n) is 10.1. The Morgan fingerprint density at radius 3 is 2.29 bits per heavy atom. The summed E-state index contributed by atoms with van der Waals surface area (Å²) in [5, 5.41) is 7.78. The van der Waals surface area contributed by atoms with Gasteiger partial charge in [-0.05, 0) is 27.1 Å². The normalized spacial score (nSPS) is 12.3. The molecule has 8 nitrogen and oxygen atoms in total. The van der Waals surface area contributed by atoms with Crippen molar-refractivity contribution in [2.24, 2.45) is 5.73 Å². The van der Waals surface area contributed by atoms with Crippen LogP contribution in [0.5, 0.6) is 0 Å². The summed E-state index contributed by atoms with van der Waals surface area (Å²) in [6.45, 7) is 0. The molecule has 0 fully saturated rings. The zero-order chi connectivity index (χ0) is 25.2. The van der Waals surface area contributed by atoms with E-state index in [0.717, 1.165) is 0 Å². The number of rotatable bonds is 6. The molecule has 4 rings (SSSR count). The highest BCUT2D eigenvalue weighted by atomic mass is 79.9. The first kappa shape index (κ1) is 24.2. The molecule has 4 aromatic rings. The van der Waals surface area contributed by atoms with E-state index in [0.29, 0.717) is 11.1 Å². The molecular weight excluding hydrogens is 531 g/mol. The number of nitrogen functional groups attached to an aromatic ring is 1. The average Bonchev–Trinajstić information content (AvgIpc) is 3.29. The molecule has 0 aliphatic heterocycles. The summed E-state index contributed by atoms with van der Waals surface area (Å²) in [7, 11) is 0. The van der Waals surface area contributed by atoms with Gasteiger partial charge in [0.2, 0.25) is 6.10 Å². The first-order valence-corrected chi connectivity index (χ1v) is 10.9. The average molecular weight is 548 g/mol. The number of anilines is 1. The third kappa shape index (κ3) is 5.27. The number of carbonyl (C=O) groups is 1. The fourth-order valence-electron chi connectivity index (χ4n) is 3.49. The lowest BCUT2D eigenvalue weighted by Crippen LogP contribution is -2.18. The molecule has 0 aliphatic rings. The predicted octanol–water partition coefficient (Wildman–Crippen LogP) is 5.27. The largest absolute Gasteiger partial charge is 0.431 e. The van der Waals surface area contributed by atoms with E-state index in [2.05, 4.69) is 31.1 Å². The molecule has 180 valence electrons. The maximum atomic E-state index is 13.9. The van der Waals surface area contributed by atoms with Gasteiger partial charge in [-0.2, -0.15) is 13.2 Å². The second-order valence-electron chi connectivity index (χ2n) is 7.35. The Balaban J connectivity index is 1.81. The van der Waals surface area contributed by atoms with E-state index >= 15 is 0 Å². The van der Waals surface area contributed by atoms with Gasteiger partial charge < -0.3 is 20.6 Å². The predicted molar refractivity (Wildman–Crippen MR) is 123 cm³/mol. The number of hydrogen-bond donors (Lipinski definition) is 2. The maximum Gasteiger partial charge on any atom is 0.419 e. The van der Waals surface area contributed by atoms with Crippen LogP contribution in [0.1, 0.15) is 34.2 Å². The van der Waals surface area contributed by atoms with Crippen molar-refractivity contribution in [3.05, 3.63) is 93.4 Å². The number of amides is 1. The lowest BCUT2D eigenvalue weighted by molar-refractivity contribution is -0.139. The zero-order valence-corrected chi connectivity index (χ0v) is 19.4. The van der Waals surface area contributed by atoms with Gasteiger partial charge in [-0.25, -0.2) is 9.78 Å². The van der Waals surface area contributed by atoms with Gasteiger partial charge in [-0.3, -0.25) is 0 Å². The summed E-state index contributed by atoms with van der Waals surface area (Å²) < 4.78 is 52.0. The molecule has 0 aliphatic carbocycles. The number of aromatic nitrogens is 3. The molecule has 1 amide bonds. The molecule has 2 aromatic heterocycles. The highest BCUT2D eigenvalue weighted by molar-refractivity contribution is 9.10. The summed E-state index contributed by atoms with van der Waals surface area (Å²) in [6, 6.07) is 17.0. The molecule has 0 bridgehead atoms. The number of ether oxygens (including phenoxy) is 1. The standard InChI is InChI=1S/C23H17BrF3N5O3/c24-19-15(23(25,26)27)14(11-12-7-3-1-4-8-12)16(28)17(30-19)20-31-32-21(35-20)18(34-22(29)33)13-9-5-2-6-10-13/h1-10,18H,11,28H2,(H2,29,33)/t18-/m1/s1. The second kappa shape index (κ2) is 9.74. The number of carbonyl (C=O) groups excluding carboxylic acids is 1. The van der Waals surface area contributed by atoms with Crippen LogP contribution in [-0.2, 0) is 17.3 Å². The van der Waals surface area contributed by atoms with E-state index in [4.69, 9.17) is 20.6 Å². The SMILES string of the molecule is NC(=O)O[C@H](c1ccccc1)c1nnc(-c2nc(Br)c(C(F)(F)F)c(Cc3ccccc3)c2N)o1. The molecule has 2 aromatic carbocycles. The van der Waals surface area contributed by atoms with E-state index in [1.165, 1.54) is 0 Å². The van der Waals surface area contributed by atoms with Gasteiger partial charge >= 0.3 is 12.3 Å². The van der Waals surface area contributed by atoms with Crippen LogP contribution in [0.15, 0.2) is 69.7 Å². The summed E-state index contributed by atoms with van der Waals surface area (Å²) >= 11 is 2.92. The van der Waals surface area contributed by atoms with Crippen molar-refractivity contribution >= 4 is 27.7 Å². The van der Waals surface area contributed by atoms with Gasteiger partial charge in [0.25, 0.3) is 11.8 Å². The minimum atomic E-state index is -4.73. The minimum absolute atomic E-state index is 0.117. The number of pyridine rings is 1. The van der Waals surface area contributed by atoms with Crippen LogP contribution in [0.3, 0.4) is 0 Å². The Morgan fingerprint density at radius 1 is 1.06 bits per heavy atom. The number of benzene rings is 2. The Kier molecular flexibility index (Phi) is 6.74. The molecule has 2 heterocycles. The van der Waals surface area contributed by atoms with E-state index in [9.17, 15) is 18.0 Å². The monoisotopic (exact) mass is 547 g/mol. The van der Waals surface area contributed by atoms with Crippen LogP contribution in [0.4, 0.5) is 23.7 Å². The lowest BCUT2D eigenvalue weighted by atomic mass is 9.98. The molecule has 4 N–H and O–H groups in total. The number of nitrogens with two attached hydrogens (primary N) is 2. The minimum Gasteiger partial charge on any atom is -0.431 e. The van der Waals surface area contributed by atoms with Crippen molar-refractivity contribution in [1.29, 1.82) is 0 Å². The fourth-order valence-corrected chi connectivity index (χ4v) is 4.13. The van der Waals surface area contributed by atoms with Gasteiger partial charge in [0, 0.05) is 12.0 Å². The van der Waals surface area contributed by atoms with Gasteiger partial charge in [-0.15, -0.1) is 10.2 Å². The molecule has 0 saturated carbocycles. The van der Waals surface area contributed by atoms with Crippen molar-refractivity contribution in [1.82, 2.24) is 15.2 Å². The van der Waals surface area contributed by atoms with Crippen molar-refractivity contribution in [3.8, 4) is 11.6 Å². The Morgan fingerprint density at radius 2 is 1.69 bits per heavy atom. The molecule has 1 atom stereocenters. The molecule has 0 radical (unpaired) electrons. The smallest absolute Gasteiger partial charge is 0.419 e. The summed E-state index contributed by atoms with van der Waals surface area (Å²) in [6.07, 6.45) is -7.07. The Bertz CT molecular complexity index is 1350. The van der Waals surface area contributed by atoms with Crippen LogP contribution in [0.2, 0.25) is 0 Å². The number of primary amides is 1. The second-order valence-corrected chi connectivity index (χ2v) is 8.10. The fraction of sp³-hybridized carbons (Fsp3) is 0.130. The van der Waals surface area contributed by atoms with Crippen LogP contribution in [-0.4, -0.2) is 21.3 Å². The number of alkyl halides is 3. The first-order chi connectivity index (χ1) is 16.6. The third-order valence-electron chi connectivity index (χ3n) is 5.01. The van der Waals surface area contributed by atoms with Crippen LogP contribution in [0, 0.1) is 0 Å². The highest BCUT2D eigenvalue weighted by Crippen LogP contribution is 2.42. The zero-order valence-electron chi connectivity index (χ0n) is 17.8. The molecule has 35 heavy (non-hydrogen) atoms. The van der Waals surface area contributed by atoms with Gasteiger partial charge in [0.1, 0.15) is 4.60 Å². The number of hydrogen-bond acceptors (Lipinski definition) is 7. The molecule has 0 unspecified atom stereocenters. The number of halogens is 4. The topological polar surface area (TPSA) is 130 Å². The number of nitrogens with zero attached hydrogens (tertiary/aromatic N) is 3. The van der Waals surface area contributed by atoms with E-state index < -0.39 is 28.5 Å². The molecular formula is C23H17BrF3N5O3. The molecule has 0 spiro atoms. The molecule has 12 heteroatoms. The van der Waals surface area contributed by atoms with Crippen molar-refractivity contribution in [2.45, 2.75) is 18.7 Å². The van der Waals surface area contributed by atoms with Crippen LogP contribution in [0.25, 0.3) is 11.6 Å². The lowest BCUT2D eigenvalue weighted by Gasteiger charge is -2.18. The van der Waals surface area contributed by atoms with E-state index in [1.807, 2.05) is 0 Å². The van der Waals surface area contributed by atoms with Gasteiger partial charge in [0.15, 0.2) is 5.69 Å². The summed E-state index contributed by atoms with van der Waals surface area (Å²) in [4.78, 5) is 15.4. The van der Waals surface area contributed by atoms with Gasteiger partial charge in [0.05, 0.1) is 11.3 Å². The summed E-state index contributed by atoms with van der Waals surface area (Å²) in [5.74, 6) is -0.415. The van der Waals surface area contributed by atoms with Gasteiger partial charge in [-0.1, -0.05) is 60.7 Å². The summed E-state index contributed by atoms with van der Waals surface area (Å²) in [5.41, 5.74) is 10.8. The van der Waals surface area contributed by atoms with E-state index in [1.54, 1.807) is 60.7 Å². The Hall–Kier alpha value is -3.93. The third-order valence-corrected chi connectivity index (χ3v) is 5.58. The van der Waals surface area contributed by atoms with E-state index in [-0.39, 0.29) is 35.1 Å². The quantitative estimate of drug-likeness (QED) is 0.314. The Labute approximate surface area is 205 Å². The van der Waals surface area contributed by atoms with Crippen LogP contribution >= 0.6 is 15.9 Å².